The number of aryl methyl sites for hydroxylation is 1. The maximum atomic E-state index is 13.7. The van der Waals surface area contributed by atoms with Crippen LogP contribution < -0.4 is 10.6 Å². The van der Waals surface area contributed by atoms with Crippen molar-refractivity contribution in [2.75, 3.05) is 11.9 Å². The highest BCUT2D eigenvalue weighted by molar-refractivity contribution is 5.57. The number of anilines is 1. The Balaban J connectivity index is 2.38. The van der Waals surface area contributed by atoms with E-state index >= 15 is 0 Å². The maximum Gasteiger partial charge on any atom is 0.126 e. The summed E-state index contributed by atoms with van der Waals surface area (Å²) in [5.74, 6) is -0.161. The average molecular weight is 250 g/mol. The van der Waals surface area contributed by atoms with Gasteiger partial charge in [0.1, 0.15) is 5.82 Å². The zero-order valence-electron chi connectivity index (χ0n) is 11.5. The van der Waals surface area contributed by atoms with Crippen molar-refractivity contribution in [1.29, 1.82) is 0 Å². The second kappa shape index (κ2) is 5.27. The van der Waals surface area contributed by atoms with E-state index in [4.69, 9.17) is 5.73 Å². The van der Waals surface area contributed by atoms with E-state index in [0.29, 0.717) is 11.6 Å². The highest BCUT2D eigenvalue weighted by Gasteiger charge is 2.23. The predicted octanol–water partition coefficient (Wildman–Crippen LogP) is 3.53. The molecule has 0 aromatic heterocycles. The van der Waals surface area contributed by atoms with Gasteiger partial charge >= 0.3 is 0 Å². The fourth-order valence-electron chi connectivity index (χ4n) is 2.84. The zero-order chi connectivity index (χ0) is 13.3. The van der Waals surface area contributed by atoms with Crippen molar-refractivity contribution < 1.29 is 4.39 Å². The smallest absolute Gasteiger partial charge is 0.126 e. The summed E-state index contributed by atoms with van der Waals surface area (Å²) in [7, 11) is 2.11. The number of rotatable bonds is 3. The summed E-state index contributed by atoms with van der Waals surface area (Å²) in [4.78, 5) is 2.29. The van der Waals surface area contributed by atoms with Gasteiger partial charge in [0.2, 0.25) is 0 Å². The van der Waals surface area contributed by atoms with Crippen molar-refractivity contribution in [1.82, 2.24) is 0 Å². The van der Waals surface area contributed by atoms with Gasteiger partial charge in [-0.2, -0.15) is 0 Å². The molecule has 0 bridgehead atoms. The van der Waals surface area contributed by atoms with Gasteiger partial charge in [0.05, 0.1) is 0 Å². The van der Waals surface area contributed by atoms with E-state index in [2.05, 4.69) is 11.9 Å². The Morgan fingerprint density at radius 1 is 1.33 bits per heavy atom. The van der Waals surface area contributed by atoms with E-state index in [1.54, 1.807) is 6.07 Å². The van der Waals surface area contributed by atoms with E-state index in [1.807, 2.05) is 19.9 Å². The minimum atomic E-state index is -0.161. The van der Waals surface area contributed by atoms with Crippen LogP contribution in [0.3, 0.4) is 0 Å². The van der Waals surface area contributed by atoms with Crippen molar-refractivity contribution in [3.8, 4) is 0 Å². The predicted molar refractivity (Wildman–Crippen MR) is 74.4 cm³/mol. The molecule has 100 valence electrons. The van der Waals surface area contributed by atoms with Crippen LogP contribution in [0.25, 0.3) is 0 Å². The lowest BCUT2D eigenvalue weighted by molar-refractivity contribution is 0.607. The van der Waals surface area contributed by atoms with Gasteiger partial charge in [0.15, 0.2) is 0 Å². The van der Waals surface area contributed by atoms with Crippen molar-refractivity contribution in [3.63, 3.8) is 0 Å². The molecule has 0 heterocycles. The van der Waals surface area contributed by atoms with E-state index in [0.717, 1.165) is 11.3 Å². The molecule has 0 radical (unpaired) electrons. The number of benzene rings is 1. The Labute approximate surface area is 109 Å². The van der Waals surface area contributed by atoms with Gasteiger partial charge in [-0.25, -0.2) is 4.39 Å². The molecule has 0 spiro atoms. The van der Waals surface area contributed by atoms with Crippen molar-refractivity contribution in [2.24, 2.45) is 5.73 Å². The summed E-state index contributed by atoms with van der Waals surface area (Å²) in [5, 5.41) is 0. The van der Waals surface area contributed by atoms with Gasteiger partial charge in [-0.3, -0.25) is 0 Å². The summed E-state index contributed by atoms with van der Waals surface area (Å²) in [6.07, 6.45) is 5.04. The molecule has 3 heteroatoms. The second-order valence-electron chi connectivity index (χ2n) is 5.50. The molecule has 1 aromatic rings. The van der Waals surface area contributed by atoms with Crippen LogP contribution in [0.4, 0.5) is 10.1 Å². The SMILES string of the molecule is Cc1cc(N(C)C2CCCC2)c([C@H](C)N)cc1F. The number of halogens is 1. The Morgan fingerprint density at radius 2 is 1.94 bits per heavy atom. The third-order valence-electron chi connectivity index (χ3n) is 4.05. The number of nitrogens with zero attached hydrogens (tertiary/aromatic N) is 1. The molecule has 1 fully saturated rings. The van der Waals surface area contributed by atoms with Crippen LogP contribution in [0.5, 0.6) is 0 Å². The van der Waals surface area contributed by atoms with Crippen molar-refractivity contribution in [3.05, 3.63) is 29.1 Å². The Kier molecular flexibility index (Phi) is 3.91. The maximum absolute atomic E-state index is 13.7. The minimum Gasteiger partial charge on any atom is -0.371 e. The largest absolute Gasteiger partial charge is 0.371 e. The molecule has 1 aliphatic rings. The van der Waals surface area contributed by atoms with Crippen LogP contribution in [0.2, 0.25) is 0 Å². The fraction of sp³-hybridized carbons (Fsp3) is 0.600. The lowest BCUT2D eigenvalue weighted by Gasteiger charge is -2.30. The Bertz CT molecular complexity index is 423. The van der Waals surface area contributed by atoms with E-state index < -0.39 is 0 Å². The van der Waals surface area contributed by atoms with Crippen LogP contribution >= 0.6 is 0 Å². The van der Waals surface area contributed by atoms with Crippen LogP contribution in [0, 0.1) is 12.7 Å². The van der Waals surface area contributed by atoms with E-state index in [-0.39, 0.29) is 11.9 Å². The van der Waals surface area contributed by atoms with Gasteiger partial charge in [-0.05, 0) is 49.9 Å². The first kappa shape index (κ1) is 13.3. The molecule has 1 aliphatic carbocycles. The van der Waals surface area contributed by atoms with Gasteiger partial charge in [0, 0.05) is 24.8 Å². The molecule has 1 saturated carbocycles. The van der Waals surface area contributed by atoms with E-state index in [9.17, 15) is 4.39 Å². The number of nitrogens with two attached hydrogens (primary N) is 1. The molecular weight excluding hydrogens is 227 g/mol. The number of hydrogen-bond acceptors (Lipinski definition) is 2. The molecule has 2 rings (SSSR count). The van der Waals surface area contributed by atoms with E-state index in [1.165, 1.54) is 25.7 Å². The first-order chi connectivity index (χ1) is 8.50. The van der Waals surface area contributed by atoms with Crippen LogP contribution in [0.1, 0.15) is 49.8 Å². The molecule has 2 N–H and O–H groups in total. The molecule has 18 heavy (non-hydrogen) atoms. The van der Waals surface area contributed by atoms with Gasteiger partial charge in [0.25, 0.3) is 0 Å². The molecule has 0 aliphatic heterocycles. The Hall–Kier alpha value is -1.09. The lowest BCUT2D eigenvalue weighted by Crippen LogP contribution is -2.30. The summed E-state index contributed by atoms with van der Waals surface area (Å²) >= 11 is 0. The molecule has 0 amide bonds. The van der Waals surface area contributed by atoms with Crippen LogP contribution in [-0.2, 0) is 0 Å². The Morgan fingerprint density at radius 3 is 2.50 bits per heavy atom. The molecule has 2 nitrogen and oxygen atoms in total. The van der Waals surface area contributed by atoms with Crippen LogP contribution in [0.15, 0.2) is 12.1 Å². The standard InChI is InChI=1S/C15H23FN2/c1-10-8-15(13(11(2)17)9-14(10)16)18(3)12-6-4-5-7-12/h8-9,11-12H,4-7,17H2,1-3H3/t11-/m0/s1. The third kappa shape index (κ3) is 2.51. The monoisotopic (exact) mass is 250 g/mol. The molecule has 0 saturated heterocycles. The second-order valence-corrected chi connectivity index (χ2v) is 5.50. The minimum absolute atomic E-state index is 0.140. The first-order valence-corrected chi connectivity index (χ1v) is 6.79. The highest BCUT2D eigenvalue weighted by atomic mass is 19.1. The third-order valence-corrected chi connectivity index (χ3v) is 4.05. The fourth-order valence-corrected chi connectivity index (χ4v) is 2.84. The molecule has 1 aromatic carbocycles. The topological polar surface area (TPSA) is 29.3 Å². The molecule has 0 unspecified atom stereocenters. The average Bonchev–Trinajstić information content (AvgIpc) is 2.84. The zero-order valence-corrected chi connectivity index (χ0v) is 11.5. The van der Waals surface area contributed by atoms with Crippen LogP contribution in [-0.4, -0.2) is 13.1 Å². The van der Waals surface area contributed by atoms with Crippen molar-refractivity contribution in [2.45, 2.75) is 51.6 Å². The summed E-state index contributed by atoms with van der Waals surface area (Å²) < 4.78 is 13.7. The number of hydrogen-bond donors (Lipinski definition) is 1. The normalized spacial score (nSPS) is 18.1. The first-order valence-electron chi connectivity index (χ1n) is 6.79. The van der Waals surface area contributed by atoms with Crippen molar-refractivity contribution >= 4 is 5.69 Å². The quantitative estimate of drug-likeness (QED) is 0.889. The summed E-state index contributed by atoms with van der Waals surface area (Å²) in [6, 6.07) is 3.97. The summed E-state index contributed by atoms with van der Waals surface area (Å²) in [6.45, 7) is 3.72. The molecule has 1 atom stereocenters. The molecular formula is C15H23FN2. The summed E-state index contributed by atoms with van der Waals surface area (Å²) in [5.41, 5.74) is 8.67. The van der Waals surface area contributed by atoms with Gasteiger partial charge in [-0.1, -0.05) is 12.8 Å². The highest BCUT2D eigenvalue weighted by Crippen LogP contribution is 2.32. The lowest BCUT2D eigenvalue weighted by atomic mass is 10.0. The van der Waals surface area contributed by atoms with Gasteiger partial charge in [-0.15, -0.1) is 0 Å². The van der Waals surface area contributed by atoms with Gasteiger partial charge < -0.3 is 10.6 Å².